The normalized spacial score (nSPS) is 17.9. The second-order valence-corrected chi connectivity index (χ2v) is 9.17. The number of alkyl halides is 3. The number of nitriles is 1. The Hall–Kier alpha value is -4.07. The van der Waals surface area contributed by atoms with Gasteiger partial charge in [-0.25, -0.2) is 4.79 Å². The number of nitrogens with zero attached hydrogens (tertiary/aromatic N) is 3. The molecule has 1 saturated carbocycles. The Morgan fingerprint density at radius 3 is 2.43 bits per heavy atom. The number of methoxy groups -OCH3 is 1. The maximum Gasteiger partial charge on any atom is 0.417 e. The second kappa shape index (κ2) is 10.1. The molecule has 194 valence electrons. The molecule has 0 unspecified atom stereocenters. The number of aliphatic carboxylic acids is 1. The zero-order valence-electron chi connectivity index (χ0n) is 19.9. The summed E-state index contributed by atoms with van der Waals surface area (Å²) in [5.41, 5.74) is -2.79. The summed E-state index contributed by atoms with van der Waals surface area (Å²) < 4.78 is 48.0. The minimum atomic E-state index is -4.75. The van der Waals surface area contributed by atoms with Crippen LogP contribution in [0.25, 0.3) is 10.9 Å². The van der Waals surface area contributed by atoms with Crippen molar-refractivity contribution in [1.29, 1.82) is 5.26 Å². The average Bonchev–Trinajstić information content (AvgIpc) is 2.88. The average molecular weight is 515 g/mol. The molecule has 0 radical (unpaired) electrons. The summed E-state index contributed by atoms with van der Waals surface area (Å²) in [6.45, 7) is -0.314. The lowest BCUT2D eigenvalue weighted by Crippen LogP contribution is -2.42. The van der Waals surface area contributed by atoms with E-state index in [0.29, 0.717) is 31.4 Å². The molecule has 1 aromatic heterocycles. The standard InChI is InChI=1S/C26H24F3N3O5/c1-37-18-9-10-22-19(11-18)23(33)32(13-15-5-7-16(8-6-15)24(34)35)25(36)31(22)14-17-3-2-4-21(20(17)12-30)26(27,28)29/h2-4,9-11,15-16H,5-8,13-14H2,1H3,(H,34,35). The van der Waals surface area contributed by atoms with Crippen LogP contribution < -0.4 is 16.0 Å². The predicted molar refractivity (Wildman–Crippen MR) is 127 cm³/mol. The third kappa shape index (κ3) is 5.09. The number of carbonyl (C=O) groups is 1. The van der Waals surface area contributed by atoms with Gasteiger partial charge in [0.05, 0.1) is 41.6 Å². The van der Waals surface area contributed by atoms with Crippen LogP contribution in [-0.2, 0) is 24.1 Å². The number of ether oxygens (including phenoxy) is 1. The number of rotatable bonds is 6. The molecule has 0 bridgehead atoms. The Morgan fingerprint density at radius 2 is 1.84 bits per heavy atom. The van der Waals surface area contributed by atoms with E-state index in [0.717, 1.165) is 10.6 Å². The Labute approximate surface area is 209 Å². The molecule has 1 heterocycles. The summed E-state index contributed by atoms with van der Waals surface area (Å²) in [6, 6.07) is 9.42. The zero-order chi connectivity index (χ0) is 26.9. The van der Waals surface area contributed by atoms with Crippen molar-refractivity contribution in [3.63, 3.8) is 0 Å². The highest BCUT2D eigenvalue weighted by molar-refractivity contribution is 5.80. The van der Waals surface area contributed by atoms with Crippen LogP contribution in [0.5, 0.6) is 5.75 Å². The number of aromatic nitrogens is 2. The van der Waals surface area contributed by atoms with Crippen molar-refractivity contribution in [1.82, 2.24) is 9.13 Å². The first kappa shape index (κ1) is 26.0. The van der Waals surface area contributed by atoms with Gasteiger partial charge in [-0.15, -0.1) is 0 Å². The molecule has 0 aliphatic heterocycles. The van der Waals surface area contributed by atoms with Gasteiger partial charge >= 0.3 is 17.8 Å². The topological polar surface area (TPSA) is 114 Å². The molecule has 1 aliphatic carbocycles. The van der Waals surface area contributed by atoms with Crippen molar-refractivity contribution in [3.05, 3.63) is 73.9 Å². The van der Waals surface area contributed by atoms with Crippen molar-refractivity contribution in [2.24, 2.45) is 11.8 Å². The summed E-state index contributed by atoms with van der Waals surface area (Å²) in [7, 11) is 1.42. The lowest BCUT2D eigenvalue weighted by atomic mass is 9.82. The molecule has 37 heavy (non-hydrogen) atoms. The third-order valence-electron chi connectivity index (χ3n) is 6.97. The number of carboxylic acid groups (broad SMARTS) is 1. The summed E-state index contributed by atoms with van der Waals surface area (Å²) in [5, 5.41) is 18.9. The minimum absolute atomic E-state index is 0.0105. The molecular weight excluding hydrogens is 491 g/mol. The van der Waals surface area contributed by atoms with E-state index in [2.05, 4.69) is 0 Å². The summed E-state index contributed by atoms with van der Waals surface area (Å²) in [6.07, 6.45) is -2.86. The second-order valence-electron chi connectivity index (χ2n) is 9.17. The molecule has 11 heteroatoms. The lowest BCUT2D eigenvalue weighted by Gasteiger charge is -2.26. The molecule has 2 aromatic carbocycles. The quantitative estimate of drug-likeness (QED) is 0.531. The number of benzene rings is 2. The van der Waals surface area contributed by atoms with E-state index in [4.69, 9.17) is 4.74 Å². The molecular formula is C26H24F3N3O5. The maximum atomic E-state index is 13.6. The van der Waals surface area contributed by atoms with E-state index < -0.39 is 40.4 Å². The Morgan fingerprint density at radius 1 is 1.14 bits per heavy atom. The van der Waals surface area contributed by atoms with E-state index in [1.807, 2.05) is 0 Å². The highest BCUT2D eigenvalue weighted by Gasteiger charge is 2.34. The van der Waals surface area contributed by atoms with Crippen LogP contribution in [0, 0.1) is 23.2 Å². The summed E-state index contributed by atoms with van der Waals surface area (Å²) in [4.78, 5) is 38.2. The molecule has 1 fully saturated rings. The molecule has 1 aliphatic rings. The van der Waals surface area contributed by atoms with Crippen molar-refractivity contribution >= 4 is 16.9 Å². The Kier molecular flexibility index (Phi) is 7.12. The van der Waals surface area contributed by atoms with Crippen LogP contribution in [0.2, 0.25) is 0 Å². The molecule has 1 N–H and O–H groups in total. The van der Waals surface area contributed by atoms with Gasteiger partial charge in [0.15, 0.2) is 0 Å². The van der Waals surface area contributed by atoms with Gasteiger partial charge in [0, 0.05) is 6.54 Å². The predicted octanol–water partition coefficient (Wildman–Crippen LogP) is 4.00. The van der Waals surface area contributed by atoms with E-state index in [1.54, 1.807) is 6.07 Å². The van der Waals surface area contributed by atoms with Crippen LogP contribution in [0.4, 0.5) is 13.2 Å². The SMILES string of the molecule is COc1ccc2c(c1)c(=O)n(CC1CCC(C(=O)O)CC1)c(=O)n2Cc1cccc(C(F)(F)F)c1C#N. The number of fused-ring (bicyclic) bond motifs is 1. The van der Waals surface area contributed by atoms with Crippen LogP contribution >= 0.6 is 0 Å². The Balaban J connectivity index is 1.84. The van der Waals surface area contributed by atoms with Gasteiger partial charge in [-0.3, -0.25) is 18.7 Å². The van der Waals surface area contributed by atoms with Crippen LogP contribution in [0.15, 0.2) is 46.0 Å². The molecule has 0 atom stereocenters. The first-order valence-corrected chi connectivity index (χ1v) is 11.7. The van der Waals surface area contributed by atoms with Gasteiger partial charge in [-0.05, 0) is 61.4 Å². The van der Waals surface area contributed by atoms with Crippen LogP contribution in [0.1, 0.15) is 42.4 Å². The summed E-state index contributed by atoms with van der Waals surface area (Å²) in [5.74, 6) is -1.08. The van der Waals surface area contributed by atoms with Gasteiger partial charge in [-0.2, -0.15) is 18.4 Å². The first-order chi connectivity index (χ1) is 17.5. The molecule has 0 amide bonds. The van der Waals surface area contributed by atoms with Crippen molar-refractivity contribution in [2.45, 2.75) is 44.9 Å². The van der Waals surface area contributed by atoms with Crippen molar-refractivity contribution < 1.29 is 27.8 Å². The van der Waals surface area contributed by atoms with E-state index >= 15 is 0 Å². The van der Waals surface area contributed by atoms with Crippen molar-refractivity contribution in [3.8, 4) is 11.8 Å². The van der Waals surface area contributed by atoms with Crippen LogP contribution in [-0.4, -0.2) is 27.3 Å². The molecule has 4 rings (SSSR count). The van der Waals surface area contributed by atoms with Gasteiger partial charge < -0.3 is 9.84 Å². The Bertz CT molecular complexity index is 1510. The molecule has 3 aromatic rings. The fourth-order valence-electron chi connectivity index (χ4n) is 4.96. The smallest absolute Gasteiger partial charge is 0.417 e. The lowest BCUT2D eigenvalue weighted by molar-refractivity contribution is -0.143. The highest BCUT2D eigenvalue weighted by Crippen LogP contribution is 2.33. The maximum absolute atomic E-state index is 13.6. The first-order valence-electron chi connectivity index (χ1n) is 11.7. The number of halogens is 3. The fourth-order valence-corrected chi connectivity index (χ4v) is 4.96. The number of hydrogen-bond donors (Lipinski definition) is 1. The molecule has 0 spiro atoms. The largest absolute Gasteiger partial charge is 0.497 e. The highest BCUT2D eigenvalue weighted by atomic mass is 19.4. The molecule has 0 saturated heterocycles. The third-order valence-corrected chi connectivity index (χ3v) is 6.97. The monoisotopic (exact) mass is 515 g/mol. The zero-order valence-corrected chi connectivity index (χ0v) is 19.9. The molecule has 8 nitrogen and oxygen atoms in total. The fraction of sp³-hybridized carbons (Fsp3) is 0.385. The van der Waals surface area contributed by atoms with Crippen LogP contribution in [0.3, 0.4) is 0 Å². The number of carboxylic acids is 1. The van der Waals surface area contributed by atoms with E-state index in [1.165, 1.54) is 42.0 Å². The van der Waals surface area contributed by atoms with E-state index in [-0.39, 0.29) is 35.5 Å². The van der Waals surface area contributed by atoms with Gasteiger partial charge in [0.2, 0.25) is 0 Å². The van der Waals surface area contributed by atoms with E-state index in [9.17, 15) is 37.9 Å². The van der Waals surface area contributed by atoms with Gasteiger partial charge in [-0.1, -0.05) is 12.1 Å². The van der Waals surface area contributed by atoms with Gasteiger partial charge in [0.25, 0.3) is 5.56 Å². The van der Waals surface area contributed by atoms with Gasteiger partial charge in [0.1, 0.15) is 11.8 Å². The van der Waals surface area contributed by atoms with Crippen molar-refractivity contribution in [2.75, 3.05) is 7.11 Å². The number of hydrogen-bond acceptors (Lipinski definition) is 5. The summed E-state index contributed by atoms with van der Waals surface area (Å²) >= 11 is 0. The minimum Gasteiger partial charge on any atom is -0.497 e.